The second kappa shape index (κ2) is 5.30. The number of aliphatic carboxylic acids is 1. The number of nitrogens with two attached hydrogens (primary N) is 1. The van der Waals surface area contributed by atoms with Gasteiger partial charge >= 0.3 is 5.97 Å². The first-order valence-corrected chi connectivity index (χ1v) is 5.69. The number of carbonyl (C=O) groups excluding carboxylic acids is 1. The molecule has 0 radical (unpaired) electrons. The van der Waals surface area contributed by atoms with E-state index in [0.29, 0.717) is 31.8 Å². The molecule has 16 heavy (non-hydrogen) atoms. The highest BCUT2D eigenvalue weighted by atomic mass is 16.4. The Hall–Kier alpha value is -1.10. The zero-order valence-corrected chi connectivity index (χ0v) is 9.85. The third-order valence-electron chi connectivity index (χ3n) is 2.89. The standard InChI is InChI=1S/C11H20N2O3/c1-7(2)5-9(12)10(14)13-4-3-8(6-13)11(15)16/h7-9H,3-6,12H2,1-2H3,(H,15,16). The fraction of sp³-hybridized carbons (Fsp3) is 0.818. The van der Waals surface area contributed by atoms with Crippen LogP contribution in [-0.2, 0) is 9.59 Å². The van der Waals surface area contributed by atoms with E-state index in [2.05, 4.69) is 0 Å². The Kier molecular flexibility index (Phi) is 4.29. The summed E-state index contributed by atoms with van der Waals surface area (Å²) in [6, 6.07) is -0.493. The van der Waals surface area contributed by atoms with Crippen molar-refractivity contribution in [1.29, 1.82) is 0 Å². The molecule has 2 atom stereocenters. The van der Waals surface area contributed by atoms with Crippen LogP contribution in [0, 0.1) is 11.8 Å². The van der Waals surface area contributed by atoms with Crippen molar-refractivity contribution in [1.82, 2.24) is 4.90 Å². The van der Waals surface area contributed by atoms with Crippen LogP contribution >= 0.6 is 0 Å². The maximum absolute atomic E-state index is 11.9. The van der Waals surface area contributed by atoms with Gasteiger partial charge in [-0.15, -0.1) is 0 Å². The average Bonchev–Trinajstić information content (AvgIpc) is 2.64. The summed E-state index contributed by atoms with van der Waals surface area (Å²) in [5, 5.41) is 8.83. The van der Waals surface area contributed by atoms with Crippen LogP contribution in [0.4, 0.5) is 0 Å². The molecule has 0 aliphatic carbocycles. The first-order valence-electron chi connectivity index (χ1n) is 5.69. The summed E-state index contributed by atoms with van der Waals surface area (Å²) < 4.78 is 0. The average molecular weight is 228 g/mol. The molecule has 1 heterocycles. The molecule has 1 amide bonds. The summed E-state index contributed by atoms with van der Waals surface area (Å²) in [5.74, 6) is -0.989. The van der Waals surface area contributed by atoms with Crippen molar-refractivity contribution in [2.24, 2.45) is 17.6 Å². The van der Waals surface area contributed by atoms with Crippen LogP contribution in [0.25, 0.3) is 0 Å². The maximum atomic E-state index is 11.9. The number of rotatable bonds is 4. The molecule has 3 N–H and O–H groups in total. The van der Waals surface area contributed by atoms with Crippen LogP contribution < -0.4 is 5.73 Å². The van der Waals surface area contributed by atoms with E-state index in [1.807, 2.05) is 13.8 Å². The first kappa shape index (κ1) is 13.0. The number of hydrogen-bond acceptors (Lipinski definition) is 3. The van der Waals surface area contributed by atoms with Gasteiger partial charge in [0.2, 0.25) is 5.91 Å². The summed E-state index contributed by atoms with van der Waals surface area (Å²) in [5.41, 5.74) is 5.78. The highest BCUT2D eigenvalue weighted by Crippen LogP contribution is 2.18. The number of nitrogens with zero attached hydrogens (tertiary/aromatic N) is 1. The first-order chi connectivity index (χ1) is 7.41. The van der Waals surface area contributed by atoms with Crippen molar-refractivity contribution < 1.29 is 14.7 Å². The smallest absolute Gasteiger partial charge is 0.308 e. The van der Waals surface area contributed by atoms with Gasteiger partial charge in [0.15, 0.2) is 0 Å². The van der Waals surface area contributed by atoms with Crippen LogP contribution in [0.15, 0.2) is 0 Å². The van der Waals surface area contributed by atoms with Crippen LogP contribution in [0.2, 0.25) is 0 Å². The van der Waals surface area contributed by atoms with Gasteiger partial charge in [0, 0.05) is 13.1 Å². The third-order valence-corrected chi connectivity index (χ3v) is 2.89. The van der Waals surface area contributed by atoms with Gasteiger partial charge < -0.3 is 15.7 Å². The van der Waals surface area contributed by atoms with Gasteiger partial charge in [0.1, 0.15) is 0 Å². The van der Waals surface area contributed by atoms with Crippen molar-refractivity contribution in [2.45, 2.75) is 32.7 Å². The van der Waals surface area contributed by atoms with Crippen molar-refractivity contribution >= 4 is 11.9 Å². The van der Waals surface area contributed by atoms with Gasteiger partial charge in [0.05, 0.1) is 12.0 Å². The second-order valence-corrected chi connectivity index (χ2v) is 4.84. The Labute approximate surface area is 95.6 Å². The quantitative estimate of drug-likeness (QED) is 0.724. The molecule has 1 aliphatic rings. The molecule has 1 aliphatic heterocycles. The molecule has 0 spiro atoms. The normalized spacial score (nSPS) is 22.5. The number of carboxylic acid groups (broad SMARTS) is 1. The number of amides is 1. The van der Waals surface area contributed by atoms with E-state index < -0.39 is 17.9 Å². The van der Waals surface area contributed by atoms with Gasteiger partial charge in [-0.1, -0.05) is 13.8 Å². The van der Waals surface area contributed by atoms with Gasteiger partial charge in [-0.25, -0.2) is 0 Å². The topological polar surface area (TPSA) is 83.6 Å². The Morgan fingerprint density at radius 3 is 2.56 bits per heavy atom. The minimum absolute atomic E-state index is 0.113. The molecule has 2 unspecified atom stereocenters. The van der Waals surface area contributed by atoms with E-state index in [1.54, 1.807) is 4.90 Å². The molecule has 5 heteroatoms. The van der Waals surface area contributed by atoms with E-state index in [9.17, 15) is 9.59 Å². The molecule has 0 saturated carbocycles. The number of carboxylic acids is 1. The second-order valence-electron chi connectivity index (χ2n) is 4.84. The van der Waals surface area contributed by atoms with Gasteiger partial charge in [-0.3, -0.25) is 9.59 Å². The molecule has 0 aromatic rings. The van der Waals surface area contributed by atoms with Crippen LogP contribution in [0.3, 0.4) is 0 Å². The number of likely N-dealkylation sites (tertiary alicyclic amines) is 1. The number of hydrogen-bond donors (Lipinski definition) is 2. The molecule has 1 fully saturated rings. The summed E-state index contributed by atoms with van der Waals surface area (Å²) in [7, 11) is 0. The SMILES string of the molecule is CC(C)CC(N)C(=O)N1CCC(C(=O)O)C1. The predicted octanol–water partition coefficient (Wildman–Crippen LogP) is 0.293. The summed E-state index contributed by atoms with van der Waals surface area (Å²) in [6.07, 6.45) is 1.18. The lowest BCUT2D eigenvalue weighted by molar-refractivity contribution is -0.141. The Morgan fingerprint density at radius 1 is 1.50 bits per heavy atom. The molecule has 1 rings (SSSR count). The monoisotopic (exact) mass is 228 g/mol. The lowest BCUT2D eigenvalue weighted by Gasteiger charge is -2.21. The summed E-state index contributed by atoms with van der Waals surface area (Å²) in [6.45, 7) is 4.84. The molecule has 5 nitrogen and oxygen atoms in total. The molecule has 0 aromatic carbocycles. The predicted molar refractivity (Wildman–Crippen MR) is 59.8 cm³/mol. The van der Waals surface area contributed by atoms with Gasteiger partial charge in [-0.2, -0.15) is 0 Å². The molecular weight excluding hydrogens is 208 g/mol. The van der Waals surface area contributed by atoms with E-state index >= 15 is 0 Å². The van der Waals surface area contributed by atoms with Crippen molar-refractivity contribution in [2.75, 3.05) is 13.1 Å². The van der Waals surface area contributed by atoms with Crippen LogP contribution in [0.1, 0.15) is 26.7 Å². The molecule has 1 saturated heterocycles. The minimum Gasteiger partial charge on any atom is -0.481 e. The third kappa shape index (κ3) is 3.20. The van der Waals surface area contributed by atoms with Crippen LogP contribution in [0.5, 0.6) is 0 Å². The van der Waals surface area contributed by atoms with E-state index in [0.717, 1.165) is 0 Å². The van der Waals surface area contributed by atoms with Crippen molar-refractivity contribution in [3.63, 3.8) is 0 Å². The lowest BCUT2D eigenvalue weighted by atomic mass is 10.0. The fourth-order valence-electron chi connectivity index (χ4n) is 2.01. The zero-order chi connectivity index (χ0) is 12.3. The molecule has 0 aromatic heterocycles. The largest absolute Gasteiger partial charge is 0.481 e. The molecule has 0 bridgehead atoms. The lowest BCUT2D eigenvalue weighted by Crippen LogP contribution is -2.43. The van der Waals surface area contributed by atoms with Crippen molar-refractivity contribution in [3.05, 3.63) is 0 Å². The molecule has 92 valence electrons. The molecular formula is C11H20N2O3. The van der Waals surface area contributed by atoms with Gasteiger partial charge in [0.25, 0.3) is 0 Å². The van der Waals surface area contributed by atoms with E-state index in [1.165, 1.54) is 0 Å². The highest BCUT2D eigenvalue weighted by Gasteiger charge is 2.32. The summed E-state index contributed by atoms with van der Waals surface area (Å²) in [4.78, 5) is 24.2. The van der Waals surface area contributed by atoms with Crippen LogP contribution in [-0.4, -0.2) is 41.0 Å². The maximum Gasteiger partial charge on any atom is 0.308 e. The van der Waals surface area contributed by atoms with E-state index in [-0.39, 0.29) is 5.91 Å². The summed E-state index contributed by atoms with van der Waals surface area (Å²) >= 11 is 0. The Bertz CT molecular complexity index is 278. The zero-order valence-electron chi connectivity index (χ0n) is 9.85. The van der Waals surface area contributed by atoms with E-state index in [4.69, 9.17) is 10.8 Å². The minimum atomic E-state index is -0.826. The Morgan fingerprint density at radius 2 is 2.12 bits per heavy atom. The van der Waals surface area contributed by atoms with Gasteiger partial charge in [-0.05, 0) is 18.8 Å². The number of carbonyl (C=O) groups is 2. The fourth-order valence-corrected chi connectivity index (χ4v) is 2.01. The Balaban J connectivity index is 2.47. The highest BCUT2D eigenvalue weighted by molar-refractivity contribution is 5.83. The van der Waals surface area contributed by atoms with Crippen molar-refractivity contribution in [3.8, 4) is 0 Å².